The van der Waals surface area contributed by atoms with Gasteiger partial charge in [0.05, 0.1) is 0 Å². The molecular weight excluding hydrogens is 545 g/mol. The van der Waals surface area contributed by atoms with Crippen LogP contribution in [0.4, 0.5) is 5.82 Å². The summed E-state index contributed by atoms with van der Waals surface area (Å²) in [5.74, 6) is -0.988. The fraction of sp³-hybridized carbons (Fsp3) is 0.400. The molecule has 2 saturated heterocycles. The van der Waals surface area contributed by atoms with Crippen LogP contribution in [0, 0.1) is 11.3 Å². The number of carbonyl (C=O) groups excluding carboxylic acids is 2. The summed E-state index contributed by atoms with van der Waals surface area (Å²) in [6.45, 7) is 3.02. The molecule has 15 heteroatoms. The fourth-order valence-electron chi connectivity index (χ4n) is 4.72. The molecular formula is C25H28N5O9P. The number of nitriles is 1. The molecule has 3 N–H and O–H groups in total. The van der Waals surface area contributed by atoms with E-state index >= 15 is 0 Å². The average Bonchev–Trinajstić information content (AvgIpc) is 3.53. The molecule has 0 bridgehead atoms. The van der Waals surface area contributed by atoms with E-state index in [9.17, 15) is 19.7 Å². The van der Waals surface area contributed by atoms with Crippen LogP contribution < -0.4 is 5.73 Å². The first kappa shape index (κ1) is 27.9. The Morgan fingerprint density at radius 3 is 2.85 bits per heavy atom. The summed E-state index contributed by atoms with van der Waals surface area (Å²) in [6.07, 6.45) is -2.15. The molecule has 2 fully saturated rings. The second-order valence-corrected chi connectivity index (χ2v) is 10.9. The minimum atomic E-state index is -4.39. The van der Waals surface area contributed by atoms with Gasteiger partial charge < -0.3 is 0 Å². The van der Waals surface area contributed by atoms with E-state index in [1.807, 2.05) is 0 Å². The van der Waals surface area contributed by atoms with E-state index in [-0.39, 0.29) is 43.3 Å². The number of nitrogens with zero attached hydrogens (tertiary/aromatic N) is 4. The number of fused-ring (bicyclic) bond motifs is 2. The van der Waals surface area contributed by atoms with Crippen molar-refractivity contribution >= 4 is 31.4 Å². The van der Waals surface area contributed by atoms with Crippen molar-refractivity contribution in [1.82, 2.24) is 14.6 Å². The van der Waals surface area contributed by atoms with Crippen molar-refractivity contribution in [1.29, 1.82) is 5.26 Å². The molecule has 0 aliphatic carbocycles. The Balaban J connectivity index is 1.45. The van der Waals surface area contributed by atoms with Crippen molar-refractivity contribution in [3.05, 3.63) is 59.5 Å². The zero-order valence-electron chi connectivity index (χ0n) is 21.7. The Hall–Kier alpha value is -3.70. The molecule has 5 rings (SSSR count). The molecule has 0 unspecified atom stereocenters. The van der Waals surface area contributed by atoms with E-state index < -0.39 is 44.0 Å². The summed E-state index contributed by atoms with van der Waals surface area (Å²) in [5, 5.41) is 14.6. The molecule has 0 spiro atoms. The van der Waals surface area contributed by atoms with Gasteiger partial charge in [-0.3, -0.25) is 0 Å². The van der Waals surface area contributed by atoms with Gasteiger partial charge in [0.1, 0.15) is 0 Å². The van der Waals surface area contributed by atoms with E-state index in [1.165, 1.54) is 10.8 Å². The van der Waals surface area contributed by atoms with Crippen molar-refractivity contribution in [2.75, 3.05) is 18.9 Å². The molecule has 40 heavy (non-hydrogen) atoms. The maximum atomic E-state index is 12.5. The quantitative estimate of drug-likeness (QED) is 0.294. The van der Waals surface area contributed by atoms with Crippen LogP contribution in [-0.2, 0) is 44.8 Å². The molecule has 1 aromatic carbocycles. The van der Waals surface area contributed by atoms with Gasteiger partial charge in [0.25, 0.3) is 0 Å². The number of carbonyl (C=O) groups is 2. The standard InChI is InChI=1S/C25H28N5O9P/c1-3-20(31)37-22-21-18(38-25(22,13-26)19-10-9-17-23(27)28-14-29-30(17)19)12-36-40(33,39-21)35-11-15-7-5-6-8-16(15)24(32)34-4-2/h5-10,14,18,21-22,33,40H,3-4,11-12H2,1-2H3,(H2,27,28,29)/t18-,21-,22-,25+/m1/s1. The van der Waals surface area contributed by atoms with Crippen LogP contribution in [0.5, 0.6) is 0 Å². The molecule has 0 saturated carbocycles. The van der Waals surface area contributed by atoms with Gasteiger partial charge in [0, 0.05) is 0 Å². The Morgan fingerprint density at radius 1 is 1.30 bits per heavy atom. The van der Waals surface area contributed by atoms with Crippen LogP contribution in [0.15, 0.2) is 42.7 Å². The van der Waals surface area contributed by atoms with Crippen molar-refractivity contribution in [2.45, 2.75) is 50.8 Å². The number of ether oxygens (including phenoxy) is 3. The Labute approximate surface area is 229 Å². The number of benzene rings is 1. The average molecular weight is 573 g/mol. The van der Waals surface area contributed by atoms with E-state index in [0.29, 0.717) is 11.1 Å². The monoisotopic (exact) mass is 573 g/mol. The van der Waals surface area contributed by atoms with Gasteiger partial charge in [0.2, 0.25) is 0 Å². The summed E-state index contributed by atoms with van der Waals surface area (Å²) < 4.78 is 35.6. The molecule has 4 atom stereocenters. The van der Waals surface area contributed by atoms with Crippen LogP contribution >= 0.6 is 8.17 Å². The van der Waals surface area contributed by atoms with E-state index in [1.54, 1.807) is 50.2 Å². The molecule has 2 aromatic heterocycles. The van der Waals surface area contributed by atoms with Gasteiger partial charge in [-0.2, -0.15) is 0 Å². The minimum absolute atomic E-state index is 0.0127. The number of esters is 2. The van der Waals surface area contributed by atoms with Gasteiger partial charge in [-0.15, -0.1) is 0 Å². The molecule has 14 nitrogen and oxygen atoms in total. The number of rotatable bonds is 8. The predicted octanol–water partition coefficient (Wildman–Crippen LogP) is 1.96. The van der Waals surface area contributed by atoms with Crippen molar-refractivity contribution in [2.24, 2.45) is 0 Å². The zero-order valence-corrected chi connectivity index (χ0v) is 22.7. The molecule has 0 radical (unpaired) electrons. The molecule has 2 aliphatic rings. The summed E-state index contributed by atoms with van der Waals surface area (Å²) >= 11 is 0. The van der Waals surface area contributed by atoms with Crippen LogP contribution in [0.1, 0.15) is 41.9 Å². The summed E-state index contributed by atoms with van der Waals surface area (Å²) in [4.78, 5) is 40.1. The molecule has 0 amide bonds. The van der Waals surface area contributed by atoms with Crippen LogP contribution in [-0.4, -0.2) is 63.0 Å². The zero-order chi connectivity index (χ0) is 28.5. The first-order valence-corrected chi connectivity index (χ1v) is 14.2. The van der Waals surface area contributed by atoms with Gasteiger partial charge in [-0.1, -0.05) is 0 Å². The van der Waals surface area contributed by atoms with E-state index in [0.717, 1.165) is 0 Å². The summed E-state index contributed by atoms with van der Waals surface area (Å²) in [7, 11) is -4.39. The van der Waals surface area contributed by atoms with Crippen molar-refractivity contribution < 1.29 is 42.3 Å². The van der Waals surface area contributed by atoms with Crippen molar-refractivity contribution in [3.8, 4) is 6.07 Å². The second-order valence-electron chi connectivity index (χ2n) is 9.01. The Bertz CT molecular complexity index is 1480. The number of nitrogen functional groups attached to an aromatic ring is 1. The van der Waals surface area contributed by atoms with Crippen molar-refractivity contribution in [3.63, 3.8) is 0 Å². The van der Waals surface area contributed by atoms with Crippen LogP contribution in [0.25, 0.3) is 5.52 Å². The maximum absolute atomic E-state index is 12.5. The molecule has 212 valence electrons. The first-order chi connectivity index (χ1) is 19.2. The number of nitrogens with two attached hydrogens (primary N) is 1. The third-order valence-corrected chi connectivity index (χ3v) is 8.23. The second kappa shape index (κ2) is 11.1. The number of aromatic nitrogens is 3. The molecule has 3 aromatic rings. The third kappa shape index (κ3) is 4.88. The van der Waals surface area contributed by atoms with E-state index in [2.05, 4.69) is 16.2 Å². The van der Waals surface area contributed by atoms with Gasteiger partial charge in [-0.05, 0) is 0 Å². The topological polar surface area (TPSA) is 190 Å². The van der Waals surface area contributed by atoms with Gasteiger partial charge in [-0.25, -0.2) is 0 Å². The number of hydrogen-bond donors (Lipinski definition) is 2. The number of hydrogen-bond acceptors (Lipinski definition) is 13. The van der Waals surface area contributed by atoms with Crippen LogP contribution in [0.3, 0.4) is 0 Å². The Morgan fingerprint density at radius 2 is 2.10 bits per heavy atom. The third-order valence-electron chi connectivity index (χ3n) is 6.62. The molecule has 2 aliphatic heterocycles. The molecule has 4 heterocycles. The number of anilines is 1. The van der Waals surface area contributed by atoms with Gasteiger partial charge >= 0.3 is 229 Å². The fourth-order valence-corrected chi connectivity index (χ4v) is 6.27. The first-order valence-electron chi connectivity index (χ1n) is 12.6. The van der Waals surface area contributed by atoms with Gasteiger partial charge in [0.15, 0.2) is 0 Å². The van der Waals surface area contributed by atoms with Crippen LogP contribution in [0.2, 0.25) is 0 Å². The van der Waals surface area contributed by atoms with E-state index in [4.69, 9.17) is 33.5 Å². The summed E-state index contributed by atoms with van der Waals surface area (Å²) in [6, 6.07) is 11.9. The SMILES string of the molecule is CCOC(=O)c1ccccc1CO[PH]1(O)OC[C@H]2O[C@@](C#N)(c3ccc4c(N)ncnn34)[C@H](OC(=O)CC)[C@@H]2O1. The summed E-state index contributed by atoms with van der Waals surface area (Å²) in [5.41, 5.74) is 5.42. The Kier molecular flexibility index (Phi) is 7.70. The normalized spacial score (nSPS) is 26.0. The predicted molar refractivity (Wildman–Crippen MR) is 138 cm³/mol.